The van der Waals surface area contributed by atoms with Gasteiger partial charge in [0.1, 0.15) is 5.69 Å². The molecule has 3 heterocycles. The first kappa shape index (κ1) is 16.4. The highest BCUT2D eigenvalue weighted by molar-refractivity contribution is 6.07. The number of pyridine rings is 1. The monoisotopic (exact) mass is 366 g/mol. The lowest BCUT2D eigenvalue weighted by molar-refractivity contribution is 0.0962. The fourth-order valence-electron chi connectivity index (χ4n) is 3.63. The van der Waals surface area contributed by atoms with Gasteiger partial charge in [-0.25, -0.2) is 0 Å². The van der Waals surface area contributed by atoms with Crippen LogP contribution in [0.3, 0.4) is 0 Å². The summed E-state index contributed by atoms with van der Waals surface area (Å²) < 4.78 is 0. The van der Waals surface area contributed by atoms with E-state index in [1.165, 1.54) is 0 Å². The molecule has 2 aromatic carbocycles. The SMILES string of the molecule is C[C@H](C(=O)c1cc2cc3c(-c4ccncc4)n[nH]c3cc2[nH]1)c1ccccc1. The summed E-state index contributed by atoms with van der Waals surface area (Å²) in [6, 6.07) is 19.7. The van der Waals surface area contributed by atoms with E-state index in [-0.39, 0.29) is 11.7 Å². The summed E-state index contributed by atoms with van der Waals surface area (Å²) in [6.45, 7) is 1.94. The van der Waals surface area contributed by atoms with Gasteiger partial charge in [-0.05, 0) is 35.9 Å². The minimum absolute atomic E-state index is 0.0820. The molecule has 0 aliphatic rings. The summed E-state index contributed by atoms with van der Waals surface area (Å²) in [5.74, 6) is -0.119. The van der Waals surface area contributed by atoms with Crippen LogP contribution in [0.15, 0.2) is 73.1 Å². The second-order valence-electron chi connectivity index (χ2n) is 6.97. The van der Waals surface area contributed by atoms with E-state index in [0.29, 0.717) is 5.69 Å². The number of carbonyl (C=O) groups is 1. The molecule has 136 valence electrons. The molecule has 0 saturated carbocycles. The largest absolute Gasteiger partial charge is 0.352 e. The topological polar surface area (TPSA) is 74.4 Å². The zero-order valence-corrected chi connectivity index (χ0v) is 15.3. The van der Waals surface area contributed by atoms with Gasteiger partial charge in [-0.3, -0.25) is 14.9 Å². The smallest absolute Gasteiger partial charge is 0.186 e. The van der Waals surface area contributed by atoms with Crippen LogP contribution >= 0.6 is 0 Å². The first-order valence-corrected chi connectivity index (χ1v) is 9.21. The van der Waals surface area contributed by atoms with Crippen molar-refractivity contribution in [3.05, 3.63) is 84.3 Å². The Bertz CT molecular complexity index is 1290. The Hall–Kier alpha value is -3.73. The van der Waals surface area contributed by atoms with E-state index < -0.39 is 0 Å². The number of fused-ring (bicyclic) bond motifs is 2. The number of carbonyl (C=O) groups excluding carboxylic acids is 1. The van der Waals surface area contributed by atoms with Crippen LogP contribution in [0.4, 0.5) is 0 Å². The summed E-state index contributed by atoms with van der Waals surface area (Å²) in [5.41, 5.74) is 5.37. The maximum atomic E-state index is 13.0. The second kappa shape index (κ2) is 6.46. The number of Topliss-reactive ketones (excluding diaryl/α,β-unsaturated/α-hetero) is 1. The third kappa shape index (κ3) is 2.68. The molecule has 0 fully saturated rings. The Balaban J connectivity index is 1.57. The van der Waals surface area contributed by atoms with Crippen LogP contribution in [0, 0.1) is 0 Å². The fraction of sp³-hybridized carbons (Fsp3) is 0.0870. The Kier molecular flexibility index (Phi) is 3.79. The summed E-state index contributed by atoms with van der Waals surface area (Å²) in [6.07, 6.45) is 3.51. The van der Waals surface area contributed by atoms with Gasteiger partial charge in [-0.15, -0.1) is 0 Å². The Morgan fingerprint density at radius 1 is 0.964 bits per heavy atom. The van der Waals surface area contributed by atoms with E-state index in [1.807, 2.05) is 61.5 Å². The van der Waals surface area contributed by atoms with Crippen molar-refractivity contribution < 1.29 is 4.79 Å². The molecule has 5 aromatic rings. The molecule has 0 spiro atoms. The standard InChI is InChI=1S/C23H18N4O/c1-14(15-5-3-2-4-6-15)23(28)21-12-17-11-18-20(13-19(17)25-21)26-27-22(18)16-7-9-24-10-8-16/h2-14,25H,1H3,(H,26,27)/t14-/m0/s1. The normalized spacial score (nSPS) is 12.5. The number of aromatic nitrogens is 4. The zero-order chi connectivity index (χ0) is 19.1. The summed E-state index contributed by atoms with van der Waals surface area (Å²) in [4.78, 5) is 20.3. The number of hydrogen-bond acceptors (Lipinski definition) is 3. The van der Waals surface area contributed by atoms with Crippen molar-refractivity contribution >= 4 is 27.6 Å². The molecular weight excluding hydrogens is 348 g/mol. The summed E-state index contributed by atoms with van der Waals surface area (Å²) in [7, 11) is 0. The molecule has 0 amide bonds. The van der Waals surface area contributed by atoms with Crippen molar-refractivity contribution in [2.45, 2.75) is 12.8 Å². The first-order chi connectivity index (χ1) is 13.7. The molecule has 5 rings (SSSR count). The van der Waals surface area contributed by atoms with Gasteiger partial charge < -0.3 is 4.98 Å². The zero-order valence-electron chi connectivity index (χ0n) is 15.3. The molecule has 0 saturated heterocycles. The van der Waals surface area contributed by atoms with E-state index in [9.17, 15) is 4.79 Å². The average Bonchev–Trinajstić information content (AvgIpc) is 3.35. The van der Waals surface area contributed by atoms with Gasteiger partial charge in [0.25, 0.3) is 0 Å². The van der Waals surface area contributed by atoms with Crippen molar-refractivity contribution in [2.24, 2.45) is 0 Å². The number of nitrogens with one attached hydrogen (secondary N) is 2. The van der Waals surface area contributed by atoms with Crippen molar-refractivity contribution in [1.82, 2.24) is 20.2 Å². The van der Waals surface area contributed by atoms with Crippen molar-refractivity contribution in [2.75, 3.05) is 0 Å². The highest BCUT2D eigenvalue weighted by atomic mass is 16.1. The predicted octanol–water partition coefficient (Wildman–Crippen LogP) is 5.09. The summed E-state index contributed by atoms with van der Waals surface area (Å²) >= 11 is 0. The number of aromatic amines is 2. The van der Waals surface area contributed by atoms with Gasteiger partial charge >= 0.3 is 0 Å². The molecule has 0 radical (unpaired) electrons. The number of rotatable bonds is 4. The number of H-pyrrole nitrogens is 2. The van der Waals surface area contributed by atoms with Crippen LogP contribution < -0.4 is 0 Å². The molecule has 0 bridgehead atoms. The van der Waals surface area contributed by atoms with E-state index in [4.69, 9.17) is 0 Å². The molecule has 28 heavy (non-hydrogen) atoms. The molecule has 1 atom stereocenters. The van der Waals surface area contributed by atoms with Crippen LogP contribution in [0.5, 0.6) is 0 Å². The van der Waals surface area contributed by atoms with Crippen molar-refractivity contribution in [3.8, 4) is 11.3 Å². The van der Waals surface area contributed by atoms with Gasteiger partial charge in [-0.1, -0.05) is 37.3 Å². The summed E-state index contributed by atoms with van der Waals surface area (Å²) in [5, 5.41) is 9.57. The molecule has 5 heteroatoms. The lowest BCUT2D eigenvalue weighted by Gasteiger charge is -2.09. The Labute approximate surface area is 161 Å². The maximum absolute atomic E-state index is 13.0. The Morgan fingerprint density at radius 2 is 1.75 bits per heavy atom. The van der Waals surface area contributed by atoms with Crippen LogP contribution in [0.2, 0.25) is 0 Å². The maximum Gasteiger partial charge on any atom is 0.186 e. The number of nitrogens with zero attached hydrogens (tertiary/aromatic N) is 2. The van der Waals surface area contributed by atoms with Crippen LogP contribution in [0.25, 0.3) is 33.1 Å². The quantitative estimate of drug-likeness (QED) is 0.435. The van der Waals surface area contributed by atoms with Crippen molar-refractivity contribution in [3.63, 3.8) is 0 Å². The molecule has 3 aromatic heterocycles. The van der Waals surface area contributed by atoms with Crippen LogP contribution in [0.1, 0.15) is 28.9 Å². The van der Waals surface area contributed by atoms with E-state index in [2.05, 4.69) is 26.2 Å². The van der Waals surface area contributed by atoms with Gasteiger partial charge in [-0.2, -0.15) is 5.10 Å². The van der Waals surface area contributed by atoms with Gasteiger partial charge in [0, 0.05) is 40.2 Å². The van der Waals surface area contributed by atoms with Gasteiger partial charge in [0.2, 0.25) is 0 Å². The molecular formula is C23H18N4O. The predicted molar refractivity (Wildman–Crippen MR) is 110 cm³/mol. The lowest BCUT2D eigenvalue weighted by atomic mass is 9.95. The average molecular weight is 366 g/mol. The minimum Gasteiger partial charge on any atom is -0.352 e. The van der Waals surface area contributed by atoms with E-state index in [0.717, 1.165) is 38.6 Å². The number of hydrogen-bond donors (Lipinski definition) is 2. The molecule has 0 aliphatic carbocycles. The number of benzene rings is 2. The molecule has 0 unspecified atom stereocenters. The number of ketones is 1. The highest BCUT2D eigenvalue weighted by Gasteiger charge is 2.19. The lowest BCUT2D eigenvalue weighted by Crippen LogP contribution is -2.09. The Morgan fingerprint density at radius 3 is 2.54 bits per heavy atom. The van der Waals surface area contributed by atoms with Crippen molar-refractivity contribution in [1.29, 1.82) is 0 Å². The minimum atomic E-state index is -0.201. The molecule has 0 aliphatic heterocycles. The third-order valence-corrected chi connectivity index (χ3v) is 5.21. The fourth-order valence-corrected chi connectivity index (χ4v) is 3.63. The van der Waals surface area contributed by atoms with Gasteiger partial charge in [0.05, 0.1) is 11.2 Å². The van der Waals surface area contributed by atoms with Crippen LogP contribution in [-0.4, -0.2) is 25.9 Å². The molecule has 5 nitrogen and oxygen atoms in total. The first-order valence-electron chi connectivity index (χ1n) is 9.21. The van der Waals surface area contributed by atoms with E-state index >= 15 is 0 Å². The molecule has 2 N–H and O–H groups in total. The highest BCUT2D eigenvalue weighted by Crippen LogP contribution is 2.30. The third-order valence-electron chi connectivity index (χ3n) is 5.21. The second-order valence-corrected chi connectivity index (χ2v) is 6.97. The van der Waals surface area contributed by atoms with Crippen LogP contribution in [-0.2, 0) is 0 Å². The van der Waals surface area contributed by atoms with E-state index in [1.54, 1.807) is 12.4 Å². The van der Waals surface area contributed by atoms with Gasteiger partial charge in [0.15, 0.2) is 5.78 Å².